The van der Waals surface area contributed by atoms with E-state index in [1.54, 1.807) is 6.20 Å². The first kappa shape index (κ1) is 17.2. The Balaban J connectivity index is 1.48. The number of carbonyl (C=O) groups is 1. The summed E-state index contributed by atoms with van der Waals surface area (Å²) in [6, 6.07) is 12.0. The number of hydrogen-bond acceptors (Lipinski definition) is 6. The van der Waals surface area contributed by atoms with E-state index in [9.17, 15) is 4.79 Å². The van der Waals surface area contributed by atoms with E-state index in [0.29, 0.717) is 11.8 Å². The highest BCUT2D eigenvalue weighted by Crippen LogP contribution is 2.17. The van der Waals surface area contributed by atoms with E-state index >= 15 is 0 Å². The molecule has 0 bridgehead atoms. The fraction of sp³-hybridized carbons (Fsp3) is 0.389. The second-order valence-corrected chi connectivity index (χ2v) is 6.15. The Labute approximate surface area is 147 Å². The third-order valence-corrected chi connectivity index (χ3v) is 4.20. The van der Waals surface area contributed by atoms with Crippen molar-refractivity contribution in [2.24, 2.45) is 5.73 Å². The topological polar surface area (TPSA) is 93.4 Å². The van der Waals surface area contributed by atoms with Gasteiger partial charge in [-0.2, -0.15) is 5.10 Å². The number of hydrogen-bond donors (Lipinski definition) is 2. The van der Waals surface area contributed by atoms with Crippen molar-refractivity contribution in [1.29, 1.82) is 0 Å². The highest BCUT2D eigenvalue weighted by atomic mass is 16.5. The fourth-order valence-corrected chi connectivity index (χ4v) is 2.93. The van der Waals surface area contributed by atoms with Gasteiger partial charge in [0.1, 0.15) is 5.75 Å². The molecule has 0 saturated carbocycles. The molecule has 1 aliphatic heterocycles. The predicted molar refractivity (Wildman–Crippen MR) is 95.2 cm³/mol. The highest BCUT2D eigenvalue weighted by Gasteiger charge is 2.20. The van der Waals surface area contributed by atoms with Crippen LogP contribution in [0.3, 0.4) is 0 Å². The molecule has 25 heavy (non-hydrogen) atoms. The summed E-state index contributed by atoms with van der Waals surface area (Å²) >= 11 is 0. The molecule has 3 N–H and O–H groups in total. The Morgan fingerprint density at radius 1 is 1.32 bits per heavy atom. The van der Waals surface area contributed by atoms with Crippen molar-refractivity contribution >= 4 is 11.7 Å². The number of nitrogens with zero attached hydrogens (tertiary/aromatic N) is 3. The third-order valence-electron chi connectivity index (χ3n) is 4.20. The van der Waals surface area contributed by atoms with Crippen LogP contribution in [0.5, 0.6) is 5.75 Å². The summed E-state index contributed by atoms with van der Waals surface area (Å²) in [5.74, 6) is 1.11. The lowest BCUT2D eigenvalue weighted by Crippen LogP contribution is -2.45. The normalized spacial score (nSPS) is 17.3. The Bertz CT molecular complexity index is 678. The Hall–Kier alpha value is -2.67. The summed E-state index contributed by atoms with van der Waals surface area (Å²) in [5, 5.41) is 11.8. The molecule has 0 spiro atoms. The molecular formula is C18H23N5O2. The first-order chi connectivity index (χ1) is 12.2. The van der Waals surface area contributed by atoms with Gasteiger partial charge in [0.2, 0.25) is 0 Å². The average molecular weight is 341 g/mol. The summed E-state index contributed by atoms with van der Waals surface area (Å²) in [4.78, 5) is 13.0. The van der Waals surface area contributed by atoms with Gasteiger partial charge in [-0.3, -0.25) is 4.79 Å². The predicted octanol–water partition coefficient (Wildman–Crippen LogP) is 1.10. The number of ether oxygens (including phenoxy) is 1. The zero-order chi connectivity index (χ0) is 17.5. The molecule has 0 aliphatic carbocycles. The third kappa shape index (κ3) is 5.15. The van der Waals surface area contributed by atoms with E-state index in [4.69, 9.17) is 10.5 Å². The maximum Gasteiger partial charge on any atom is 0.255 e. The van der Waals surface area contributed by atoms with Crippen LogP contribution in [0, 0.1) is 0 Å². The largest absolute Gasteiger partial charge is 0.484 e. The molecule has 7 nitrogen and oxygen atoms in total. The van der Waals surface area contributed by atoms with Crippen molar-refractivity contribution in [2.45, 2.75) is 25.4 Å². The smallest absolute Gasteiger partial charge is 0.255 e. The van der Waals surface area contributed by atoms with Crippen molar-refractivity contribution in [3.05, 3.63) is 48.2 Å². The van der Waals surface area contributed by atoms with Gasteiger partial charge in [0.25, 0.3) is 5.91 Å². The highest BCUT2D eigenvalue weighted by molar-refractivity contribution is 5.75. The lowest BCUT2D eigenvalue weighted by atomic mass is 10.1. The number of anilines is 1. The Morgan fingerprint density at radius 3 is 2.88 bits per heavy atom. The van der Waals surface area contributed by atoms with Gasteiger partial charge in [0.05, 0.1) is 0 Å². The van der Waals surface area contributed by atoms with Crippen LogP contribution < -0.4 is 20.7 Å². The van der Waals surface area contributed by atoms with Crippen LogP contribution >= 0.6 is 0 Å². The molecule has 2 heterocycles. The Kier molecular flexibility index (Phi) is 5.79. The lowest BCUT2D eigenvalue weighted by molar-refractivity contribution is -0.119. The number of nitrogens with one attached hydrogen (secondary N) is 1. The molecule has 1 unspecified atom stereocenters. The van der Waals surface area contributed by atoms with E-state index in [1.165, 1.54) is 5.56 Å². The first-order valence-corrected chi connectivity index (χ1v) is 8.47. The summed E-state index contributed by atoms with van der Waals surface area (Å²) in [6.45, 7) is 2.63. The summed E-state index contributed by atoms with van der Waals surface area (Å²) in [7, 11) is 0. The van der Waals surface area contributed by atoms with E-state index in [0.717, 1.165) is 38.3 Å². The van der Waals surface area contributed by atoms with Gasteiger partial charge in [-0.1, -0.05) is 12.1 Å². The second kappa shape index (κ2) is 8.43. The van der Waals surface area contributed by atoms with Crippen molar-refractivity contribution in [3.8, 4) is 5.75 Å². The van der Waals surface area contributed by atoms with Crippen LogP contribution in [0.25, 0.3) is 0 Å². The number of rotatable bonds is 7. The maximum absolute atomic E-state index is 10.7. The van der Waals surface area contributed by atoms with Crippen LogP contribution in [0.15, 0.2) is 42.6 Å². The van der Waals surface area contributed by atoms with Crippen molar-refractivity contribution < 1.29 is 9.53 Å². The monoisotopic (exact) mass is 341 g/mol. The van der Waals surface area contributed by atoms with Gasteiger partial charge in [-0.05, 0) is 42.7 Å². The molecule has 1 fully saturated rings. The van der Waals surface area contributed by atoms with Crippen LogP contribution in [0.4, 0.5) is 5.82 Å². The minimum absolute atomic E-state index is 0.0993. The molecule has 1 aromatic carbocycles. The number of benzene rings is 1. The number of nitrogens with two attached hydrogens (primary N) is 1. The van der Waals surface area contributed by atoms with Gasteiger partial charge in [0.15, 0.2) is 12.4 Å². The molecule has 1 amide bonds. The van der Waals surface area contributed by atoms with E-state index in [2.05, 4.69) is 20.4 Å². The number of amides is 1. The maximum atomic E-state index is 10.7. The van der Waals surface area contributed by atoms with Gasteiger partial charge in [-0.15, -0.1) is 5.10 Å². The number of primary amides is 1. The number of aromatic nitrogens is 2. The number of piperidine rings is 1. The van der Waals surface area contributed by atoms with Gasteiger partial charge >= 0.3 is 0 Å². The van der Waals surface area contributed by atoms with Crippen molar-refractivity contribution in [2.75, 3.05) is 24.6 Å². The Morgan fingerprint density at radius 2 is 2.16 bits per heavy atom. The molecule has 1 saturated heterocycles. The first-order valence-electron chi connectivity index (χ1n) is 8.47. The van der Waals surface area contributed by atoms with Crippen LogP contribution in [0.1, 0.15) is 18.4 Å². The van der Waals surface area contributed by atoms with Crippen molar-refractivity contribution in [1.82, 2.24) is 15.5 Å². The van der Waals surface area contributed by atoms with Gasteiger partial charge in [-0.25, -0.2) is 0 Å². The van der Waals surface area contributed by atoms with Gasteiger partial charge < -0.3 is 20.7 Å². The zero-order valence-corrected chi connectivity index (χ0v) is 14.1. The van der Waals surface area contributed by atoms with Crippen LogP contribution in [-0.2, 0) is 11.3 Å². The summed E-state index contributed by atoms with van der Waals surface area (Å²) < 4.78 is 5.27. The number of carbonyl (C=O) groups excluding carboxylic acids is 1. The lowest BCUT2D eigenvalue weighted by Gasteiger charge is -2.33. The van der Waals surface area contributed by atoms with E-state index in [1.807, 2.05) is 36.4 Å². The molecule has 132 valence electrons. The quantitative estimate of drug-likeness (QED) is 0.783. The molecule has 1 aliphatic rings. The van der Waals surface area contributed by atoms with Crippen molar-refractivity contribution in [3.63, 3.8) is 0 Å². The van der Waals surface area contributed by atoms with E-state index < -0.39 is 5.91 Å². The van der Waals surface area contributed by atoms with E-state index in [-0.39, 0.29) is 6.61 Å². The average Bonchev–Trinajstić information content (AvgIpc) is 2.66. The minimum atomic E-state index is -0.476. The SMILES string of the molecule is NC(=O)COc1ccc(CNC2CCCN(c3cccnn3)C2)cc1. The molecule has 3 rings (SSSR count). The molecule has 1 aromatic heterocycles. The standard InChI is InChI=1S/C18H23N5O2/c19-17(24)13-25-16-7-5-14(6-8-16)11-20-15-3-2-10-23(12-15)18-4-1-9-21-22-18/h1,4-9,15,20H,2-3,10-13H2,(H2,19,24). The molecule has 1 atom stereocenters. The molecule has 0 radical (unpaired) electrons. The van der Waals surface area contributed by atoms with Gasteiger partial charge in [0, 0.05) is 31.9 Å². The summed E-state index contributed by atoms with van der Waals surface area (Å²) in [6.07, 6.45) is 3.98. The van der Waals surface area contributed by atoms with Crippen LogP contribution in [-0.4, -0.2) is 41.8 Å². The minimum Gasteiger partial charge on any atom is -0.484 e. The van der Waals surface area contributed by atoms with Crippen LogP contribution in [0.2, 0.25) is 0 Å². The molecular weight excluding hydrogens is 318 g/mol. The zero-order valence-electron chi connectivity index (χ0n) is 14.1. The molecule has 2 aromatic rings. The fourth-order valence-electron chi connectivity index (χ4n) is 2.93. The molecule has 7 heteroatoms. The summed E-state index contributed by atoms with van der Waals surface area (Å²) in [5.41, 5.74) is 6.24. The second-order valence-electron chi connectivity index (χ2n) is 6.15.